The van der Waals surface area contributed by atoms with Crippen LogP contribution in [-0.4, -0.2) is 50.0 Å². The van der Waals surface area contributed by atoms with Gasteiger partial charge < -0.3 is 10.2 Å². The van der Waals surface area contributed by atoms with Crippen molar-refractivity contribution in [1.29, 1.82) is 0 Å². The summed E-state index contributed by atoms with van der Waals surface area (Å²) in [6.45, 7) is 6.91. The zero-order valence-electron chi connectivity index (χ0n) is 20.0. The van der Waals surface area contributed by atoms with E-state index in [0.29, 0.717) is 6.42 Å². The Morgan fingerprint density at radius 3 is 2.24 bits per heavy atom. The fourth-order valence-electron chi connectivity index (χ4n) is 3.44. The second-order valence-electron chi connectivity index (χ2n) is 8.46. The monoisotopic (exact) mass is 511 g/mol. The van der Waals surface area contributed by atoms with Gasteiger partial charge in [-0.05, 0) is 51.0 Å². The second-order valence-corrected chi connectivity index (χ2v) is 10.8. The minimum absolute atomic E-state index is 0.0530. The molecule has 1 N–H and O–H groups in total. The number of hydrogen-bond acceptors (Lipinski definition) is 4. The third-order valence-electron chi connectivity index (χ3n) is 5.16. The molecule has 0 radical (unpaired) electrons. The molecular weight excluding hydrogens is 481 g/mol. The highest BCUT2D eigenvalue weighted by atomic mass is 35.5. The zero-order chi connectivity index (χ0) is 25.6. The van der Waals surface area contributed by atoms with Crippen molar-refractivity contribution in [1.82, 2.24) is 10.2 Å². The molecule has 2 amide bonds. The van der Waals surface area contributed by atoms with Gasteiger partial charge >= 0.3 is 0 Å². The fraction of sp³-hybridized carbons (Fsp3) is 0.417. The van der Waals surface area contributed by atoms with Gasteiger partial charge in [-0.1, -0.05) is 48.4 Å². The van der Waals surface area contributed by atoms with Gasteiger partial charge in [-0.25, -0.2) is 12.8 Å². The maximum atomic E-state index is 13.6. The molecule has 7 nitrogen and oxygen atoms in total. The number of hydrogen-bond donors (Lipinski definition) is 1. The van der Waals surface area contributed by atoms with Gasteiger partial charge in [-0.3, -0.25) is 13.9 Å². The van der Waals surface area contributed by atoms with E-state index in [4.69, 9.17) is 11.6 Å². The maximum Gasteiger partial charge on any atom is 0.244 e. The maximum absolute atomic E-state index is 13.6. The number of benzene rings is 2. The zero-order valence-corrected chi connectivity index (χ0v) is 21.6. The number of anilines is 1. The Bertz CT molecular complexity index is 1120. The lowest BCUT2D eigenvalue weighted by Crippen LogP contribution is -2.53. The predicted molar refractivity (Wildman–Crippen MR) is 133 cm³/mol. The average Bonchev–Trinajstić information content (AvgIpc) is 2.74. The summed E-state index contributed by atoms with van der Waals surface area (Å²) in [5.41, 5.74) is 1.89. The third-order valence-corrected chi connectivity index (χ3v) is 6.59. The molecule has 0 bridgehead atoms. The summed E-state index contributed by atoms with van der Waals surface area (Å²) in [6.07, 6.45) is 1.28. The van der Waals surface area contributed by atoms with Crippen LogP contribution in [0.3, 0.4) is 0 Å². The van der Waals surface area contributed by atoms with Gasteiger partial charge in [-0.15, -0.1) is 0 Å². The highest BCUT2D eigenvalue weighted by Crippen LogP contribution is 2.25. The quantitative estimate of drug-likeness (QED) is 0.524. The Morgan fingerprint density at radius 2 is 1.74 bits per heavy atom. The van der Waals surface area contributed by atoms with Gasteiger partial charge in [0.15, 0.2) is 0 Å². The van der Waals surface area contributed by atoms with Gasteiger partial charge in [0.05, 0.1) is 17.0 Å². The van der Waals surface area contributed by atoms with E-state index < -0.39 is 34.3 Å². The van der Waals surface area contributed by atoms with Crippen molar-refractivity contribution in [3.05, 3.63) is 64.4 Å². The SMILES string of the molecule is CC[C@@H](C(=O)NC(C)C)N(Cc1ccc(C)cc1)C(=O)CN(c1ccc(F)c(Cl)c1)S(C)(=O)=O. The van der Waals surface area contributed by atoms with Crippen molar-refractivity contribution in [3.63, 3.8) is 0 Å². The van der Waals surface area contributed by atoms with Gasteiger partial charge in [0, 0.05) is 12.6 Å². The van der Waals surface area contributed by atoms with E-state index in [1.54, 1.807) is 6.92 Å². The molecule has 0 saturated heterocycles. The molecule has 2 aromatic carbocycles. The van der Waals surface area contributed by atoms with E-state index in [1.165, 1.54) is 11.0 Å². The number of nitrogens with one attached hydrogen (secondary N) is 1. The first-order chi connectivity index (χ1) is 15.8. The van der Waals surface area contributed by atoms with Gasteiger partial charge in [0.25, 0.3) is 0 Å². The molecule has 0 saturated carbocycles. The van der Waals surface area contributed by atoms with Crippen LogP contribution >= 0.6 is 11.6 Å². The fourth-order valence-corrected chi connectivity index (χ4v) is 4.46. The molecule has 0 unspecified atom stereocenters. The van der Waals surface area contributed by atoms with Crippen molar-refractivity contribution in [3.8, 4) is 0 Å². The van der Waals surface area contributed by atoms with Crippen LogP contribution in [0.1, 0.15) is 38.3 Å². The molecule has 2 rings (SSSR count). The van der Waals surface area contributed by atoms with E-state index in [9.17, 15) is 22.4 Å². The number of carbonyl (C=O) groups is 2. The summed E-state index contributed by atoms with van der Waals surface area (Å²) >= 11 is 5.85. The highest BCUT2D eigenvalue weighted by Gasteiger charge is 2.32. The summed E-state index contributed by atoms with van der Waals surface area (Å²) in [6, 6.07) is 10.00. The van der Waals surface area contributed by atoms with Crippen LogP contribution < -0.4 is 9.62 Å². The Hall–Kier alpha value is -2.65. The average molecular weight is 512 g/mol. The van der Waals surface area contributed by atoms with Crippen LogP contribution in [0.15, 0.2) is 42.5 Å². The van der Waals surface area contributed by atoms with Crippen LogP contribution in [0.2, 0.25) is 5.02 Å². The third kappa shape index (κ3) is 7.43. The van der Waals surface area contributed by atoms with E-state index in [0.717, 1.165) is 33.8 Å². The second kappa shape index (κ2) is 11.7. The smallest absolute Gasteiger partial charge is 0.244 e. The minimum atomic E-state index is -3.92. The summed E-state index contributed by atoms with van der Waals surface area (Å²) in [5, 5.41) is 2.56. The summed E-state index contributed by atoms with van der Waals surface area (Å²) in [7, 11) is -3.92. The highest BCUT2D eigenvalue weighted by molar-refractivity contribution is 7.92. The van der Waals surface area contributed by atoms with Crippen molar-refractivity contribution in [2.24, 2.45) is 0 Å². The first-order valence-electron chi connectivity index (χ1n) is 10.9. The number of carbonyl (C=O) groups excluding carboxylic acids is 2. The first kappa shape index (κ1) is 27.6. The molecule has 10 heteroatoms. The lowest BCUT2D eigenvalue weighted by Gasteiger charge is -2.33. The molecule has 0 aliphatic rings. The molecular formula is C24H31ClFN3O4S. The van der Waals surface area contributed by atoms with E-state index in [-0.39, 0.29) is 29.2 Å². The van der Waals surface area contributed by atoms with Crippen LogP contribution in [0.4, 0.5) is 10.1 Å². The van der Waals surface area contributed by atoms with E-state index >= 15 is 0 Å². The number of rotatable bonds is 10. The molecule has 0 aliphatic carbocycles. The Kier molecular flexibility index (Phi) is 9.46. The molecule has 34 heavy (non-hydrogen) atoms. The van der Waals surface area contributed by atoms with Crippen molar-refractivity contribution < 1.29 is 22.4 Å². The number of amides is 2. The number of halogens is 2. The van der Waals surface area contributed by atoms with Crippen LogP contribution in [0.25, 0.3) is 0 Å². The first-order valence-corrected chi connectivity index (χ1v) is 13.1. The van der Waals surface area contributed by atoms with Crippen LogP contribution in [0.5, 0.6) is 0 Å². The molecule has 0 heterocycles. The van der Waals surface area contributed by atoms with Gasteiger partial charge in [0.2, 0.25) is 21.8 Å². The Labute approximate surface area is 205 Å². The molecule has 1 atom stereocenters. The molecule has 0 aromatic heterocycles. The lowest BCUT2D eigenvalue weighted by atomic mass is 10.1. The number of sulfonamides is 1. The predicted octanol–water partition coefficient (Wildman–Crippen LogP) is 3.89. The largest absolute Gasteiger partial charge is 0.352 e. The number of nitrogens with zero attached hydrogens (tertiary/aromatic N) is 2. The normalized spacial score (nSPS) is 12.4. The standard InChI is InChI=1S/C24H31ClFN3O4S/c1-6-22(24(31)27-16(2)3)28(14-18-9-7-17(4)8-10-18)23(30)15-29(34(5,32)33)19-11-12-21(26)20(25)13-19/h7-13,16,22H,6,14-15H2,1-5H3,(H,27,31)/t22-/m0/s1. The van der Waals surface area contributed by atoms with Crippen LogP contribution in [-0.2, 0) is 26.2 Å². The van der Waals surface area contributed by atoms with E-state index in [1.807, 2.05) is 45.0 Å². The van der Waals surface area contributed by atoms with Crippen molar-refractivity contribution in [2.45, 2.75) is 52.7 Å². The summed E-state index contributed by atoms with van der Waals surface area (Å²) in [4.78, 5) is 27.8. The molecule has 0 fully saturated rings. The Morgan fingerprint density at radius 1 is 1.12 bits per heavy atom. The topological polar surface area (TPSA) is 86.8 Å². The number of aryl methyl sites for hydroxylation is 1. The molecule has 2 aromatic rings. The molecule has 0 spiro atoms. The van der Waals surface area contributed by atoms with Crippen molar-refractivity contribution >= 4 is 39.1 Å². The summed E-state index contributed by atoms with van der Waals surface area (Å²) < 4.78 is 39.6. The minimum Gasteiger partial charge on any atom is -0.352 e. The lowest BCUT2D eigenvalue weighted by molar-refractivity contribution is -0.140. The van der Waals surface area contributed by atoms with Crippen molar-refractivity contribution in [2.75, 3.05) is 17.1 Å². The van der Waals surface area contributed by atoms with E-state index in [2.05, 4.69) is 5.32 Å². The van der Waals surface area contributed by atoms with Gasteiger partial charge in [-0.2, -0.15) is 0 Å². The molecule has 0 aliphatic heterocycles. The Balaban J connectivity index is 2.45. The van der Waals surface area contributed by atoms with Gasteiger partial charge in [0.1, 0.15) is 18.4 Å². The molecule has 186 valence electrons. The van der Waals surface area contributed by atoms with Crippen LogP contribution in [0, 0.1) is 12.7 Å². The summed E-state index contributed by atoms with van der Waals surface area (Å²) in [5.74, 6) is -1.60.